The van der Waals surface area contributed by atoms with Crippen molar-refractivity contribution in [3.63, 3.8) is 0 Å². The average Bonchev–Trinajstić information content (AvgIpc) is 3.24. The van der Waals surface area contributed by atoms with E-state index in [1.807, 2.05) is 0 Å². The van der Waals surface area contributed by atoms with Crippen LogP contribution in [0.2, 0.25) is 0 Å². The normalized spacial score (nSPS) is 16.0. The smallest absolute Gasteiger partial charge is 0.379 e. The Morgan fingerprint density at radius 3 is 2.13 bits per heavy atom. The maximum atomic E-state index is 12.7. The third kappa shape index (κ3) is 4.27. The number of thiazole rings is 1. The summed E-state index contributed by atoms with van der Waals surface area (Å²) in [6.07, 6.45) is -4.38. The molecule has 0 aliphatic carbocycles. The molecule has 1 aliphatic heterocycles. The minimum absolute atomic E-state index is 0.200. The van der Waals surface area contributed by atoms with Crippen molar-refractivity contribution in [3.05, 3.63) is 59.5 Å². The van der Waals surface area contributed by atoms with Crippen LogP contribution in [0, 0.1) is 0 Å². The van der Waals surface area contributed by atoms with Gasteiger partial charge in [0.25, 0.3) is 0 Å². The van der Waals surface area contributed by atoms with Gasteiger partial charge in [-0.05, 0) is 24.3 Å². The van der Waals surface area contributed by atoms with Gasteiger partial charge in [-0.1, -0.05) is 24.3 Å². The van der Waals surface area contributed by atoms with Gasteiger partial charge in [0.1, 0.15) is 5.01 Å². The zero-order valence-corrected chi connectivity index (χ0v) is 17.2. The number of nitrogens with zero attached hydrogens (tertiary/aromatic N) is 2. The van der Waals surface area contributed by atoms with Crippen molar-refractivity contribution < 1.29 is 26.3 Å². The van der Waals surface area contributed by atoms with Crippen LogP contribution in [0.15, 0.2) is 58.8 Å². The van der Waals surface area contributed by atoms with Crippen molar-refractivity contribution in [3.8, 4) is 21.8 Å². The molecule has 0 radical (unpaired) electrons. The number of benzene rings is 2. The Labute approximate surface area is 175 Å². The predicted octanol–water partition coefficient (Wildman–Crippen LogP) is 4.52. The van der Waals surface area contributed by atoms with Gasteiger partial charge in [0.15, 0.2) is 0 Å². The van der Waals surface area contributed by atoms with Crippen LogP contribution in [0.3, 0.4) is 0 Å². The summed E-state index contributed by atoms with van der Waals surface area (Å²) in [7, 11) is -3.57. The van der Waals surface area contributed by atoms with Crippen molar-refractivity contribution in [1.29, 1.82) is 0 Å². The van der Waals surface area contributed by atoms with Crippen molar-refractivity contribution in [2.75, 3.05) is 26.3 Å². The van der Waals surface area contributed by atoms with Crippen LogP contribution in [0.4, 0.5) is 13.2 Å². The monoisotopic (exact) mass is 454 g/mol. The van der Waals surface area contributed by atoms with Crippen LogP contribution >= 0.6 is 11.3 Å². The lowest BCUT2D eigenvalue weighted by Gasteiger charge is -2.26. The number of rotatable bonds is 4. The number of aromatic nitrogens is 1. The molecule has 0 unspecified atom stereocenters. The molecule has 10 heteroatoms. The van der Waals surface area contributed by atoms with Crippen LogP contribution in [0.25, 0.3) is 21.8 Å². The van der Waals surface area contributed by atoms with Gasteiger partial charge in [0, 0.05) is 29.6 Å². The highest BCUT2D eigenvalue weighted by molar-refractivity contribution is 7.89. The minimum Gasteiger partial charge on any atom is -0.379 e. The van der Waals surface area contributed by atoms with Crippen LogP contribution in [0.5, 0.6) is 0 Å². The minimum atomic E-state index is -4.38. The van der Waals surface area contributed by atoms with Gasteiger partial charge >= 0.3 is 6.18 Å². The Bertz CT molecular complexity index is 1120. The van der Waals surface area contributed by atoms with E-state index < -0.39 is 21.8 Å². The van der Waals surface area contributed by atoms with E-state index >= 15 is 0 Å². The predicted molar refractivity (Wildman–Crippen MR) is 108 cm³/mol. The Morgan fingerprint density at radius 1 is 0.933 bits per heavy atom. The first-order valence-electron chi connectivity index (χ1n) is 9.07. The van der Waals surface area contributed by atoms with E-state index in [0.717, 1.165) is 17.7 Å². The number of halogens is 3. The molecule has 1 aromatic heterocycles. The summed E-state index contributed by atoms with van der Waals surface area (Å²) in [6.45, 7) is 1.41. The van der Waals surface area contributed by atoms with E-state index in [4.69, 9.17) is 4.74 Å². The summed E-state index contributed by atoms with van der Waals surface area (Å²) < 4.78 is 70.2. The van der Waals surface area contributed by atoms with E-state index in [1.165, 1.54) is 39.9 Å². The number of morpholine rings is 1. The second-order valence-electron chi connectivity index (χ2n) is 6.65. The van der Waals surface area contributed by atoms with Gasteiger partial charge in [0.2, 0.25) is 10.0 Å². The molecule has 0 atom stereocenters. The van der Waals surface area contributed by atoms with Crippen molar-refractivity contribution in [1.82, 2.24) is 9.29 Å². The zero-order chi connectivity index (χ0) is 21.4. The fourth-order valence-corrected chi connectivity index (χ4v) is 5.32. The first-order chi connectivity index (χ1) is 14.2. The van der Waals surface area contributed by atoms with E-state index in [9.17, 15) is 21.6 Å². The van der Waals surface area contributed by atoms with Gasteiger partial charge in [0.05, 0.1) is 29.4 Å². The van der Waals surface area contributed by atoms with Gasteiger partial charge in [-0.15, -0.1) is 11.3 Å². The molecule has 0 amide bonds. The standard InChI is InChI=1S/C20H17F3N2O3S2/c21-20(22,23)16-5-1-15(2-6-16)19-24-18(13-29-19)14-3-7-17(8-4-14)30(26,27)25-9-11-28-12-10-25/h1-8,13H,9-12H2. The lowest BCUT2D eigenvalue weighted by Crippen LogP contribution is -2.40. The molecular formula is C20H17F3N2O3S2. The van der Waals surface area contributed by atoms with Crippen molar-refractivity contribution in [2.45, 2.75) is 11.1 Å². The number of hydrogen-bond acceptors (Lipinski definition) is 5. The van der Waals surface area contributed by atoms with E-state index in [2.05, 4.69) is 4.98 Å². The third-order valence-electron chi connectivity index (χ3n) is 4.72. The van der Waals surface area contributed by atoms with E-state index in [1.54, 1.807) is 17.5 Å². The molecule has 0 N–H and O–H groups in total. The van der Waals surface area contributed by atoms with E-state index in [-0.39, 0.29) is 4.90 Å². The molecule has 158 valence electrons. The van der Waals surface area contributed by atoms with Gasteiger partial charge in [-0.3, -0.25) is 0 Å². The highest BCUT2D eigenvalue weighted by atomic mass is 32.2. The average molecular weight is 454 g/mol. The Hall–Kier alpha value is -2.27. The van der Waals surface area contributed by atoms with Crippen LogP contribution in [-0.2, 0) is 20.9 Å². The molecule has 1 saturated heterocycles. The fraction of sp³-hybridized carbons (Fsp3) is 0.250. The van der Waals surface area contributed by atoms with Crippen molar-refractivity contribution >= 4 is 21.4 Å². The first-order valence-corrected chi connectivity index (χ1v) is 11.4. The fourth-order valence-electron chi connectivity index (χ4n) is 3.07. The molecule has 1 fully saturated rings. The Kier molecular flexibility index (Phi) is 5.67. The molecule has 1 aliphatic rings. The highest BCUT2D eigenvalue weighted by Gasteiger charge is 2.30. The summed E-state index contributed by atoms with van der Waals surface area (Å²) in [4.78, 5) is 4.69. The van der Waals surface area contributed by atoms with Crippen LogP contribution in [0.1, 0.15) is 5.56 Å². The molecule has 30 heavy (non-hydrogen) atoms. The number of alkyl halides is 3. The molecule has 0 spiro atoms. The second kappa shape index (κ2) is 8.10. The summed E-state index contributed by atoms with van der Waals surface area (Å²) in [5, 5.41) is 2.38. The first kappa shape index (κ1) is 21.0. The summed E-state index contributed by atoms with van der Waals surface area (Å²) >= 11 is 1.31. The largest absolute Gasteiger partial charge is 0.416 e. The number of hydrogen-bond donors (Lipinski definition) is 0. The number of sulfonamides is 1. The van der Waals surface area contributed by atoms with Crippen molar-refractivity contribution in [2.24, 2.45) is 0 Å². The molecule has 2 heterocycles. The molecule has 0 bridgehead atoms. The maximum Gasteiger partial charge on any atom is 0.416 e. The number of ether oxygens (including phenoxy) is 1. The van der Waals surface area contributed by atoms with Crippen LogP contribution < -0.4 is 0 Å². The third-order valence-corrected chi connectivity index (χ3v) is 7.53. The SMILES string of the molecule is O=S(=O)(c1ccc(-c2csc(-c3ccc(C(F)(F)F)cc3)n2)cc1)N1CCOCC1. The highest BCUT2D eigenvalue weighted by Crippen LogP contribution is 2.33. The topological polar surface area (TPSA) is 59.5 Å². The summed E-state index contributed by atoms with van der Waals surface area (Å²) in [5.41, 5.74) is 1.24. The van der Waals surface area contributed by atoms with Gasteiger partial charge in [-0.25, -0.2) is 13.4 Å². The molecule has 0 saturated carbocycles. The summed E-state index contributed by atoms with van der Waals surface area (Å²) in [6, 6.07) is 11.3. The van der Waals surface area contributed by atoms with Gasteiger partial charge in [-0.2, -0.15) is 17.5 Å². The second-order valence-corrected chi connectivity index (χ2v) is 9.45. The molecule has 5 nitrogen and oxygen atoms in total. The van der Waals surface area contributed by atoms with E-state index in [0.29, 0.717) is 42.6 Å². The molecule has 2 aromatic carbocycles. The lowest BCUT2D eigenvalue weighted by atomic mass is 10.1. The quantitative estimate of drug-likeness (QED) is 0.582. The maximum absolute atomic E-state index is 12.7. The van der Waals surface area contributed by atoms with Gasteiger partial charge < -0.3 is 4.74 Å². The molecular weight excluding hydrogens is 437 g/mol. The Balaban J connectivity index is 1.54. The molecule has 3 aromatic rings. The zero-order valence-electron chi connectivity index (χ0n) is 15.6. The Morgan fingerprint density at radius 2 is 1.53 bits per heavy atom. The lowest BCUT2D eigenvalue weighted by molar-refractivity contribution is -0.137. The van der Waals surface area contributed by atoms with Crippen LogP contribution in [-0.4, -0.2) is 44.0 Å². The molecule has 4 rings (SSSR count). The summed E-state index contributed by atoms with van der Waals surface area (Å²) in [5.74, 6) is 0.